The van der Waals surface area contributed by atoms with Gasteiger partial charge in [-0.05, 0) is 29.3 Å². The highest BCUT2D eigenvalue weighted by Crippen LogP contribution is 2.29. The molecule has 1 amide bonds. The molecule has 1 aliphatic rings. The van der Waals surface area contributed by atoms with Crippen LogP contribution < -0.4 is 5.32 Å². The lowest BCUT2D eigenvalue weighted by Crippen LogP contribution is -2.35. The van der Waals surface area contributed by atoms with Gasteiger partial charge in [-0.1, -0.05) is 30.3 Å². The number of anilines is 1. The molecule has 0 aliphatic carbocycles. The average molecular weight is 436 g/mol. The van der Waals surface area contributed by atoms with Gasteiger partial charge in [-0.15, -0.1) is 0 Å². The zero-order valence-corrected chi connectivity index (χ0v) is 16.8. The van der Waals surface area contributed by atoms with E-state index in [-0.39, 0.29) is 12.0 Å². The lowest BCUT2D eigenvalue weighted by Gasteiger charge is -2.26. The van der Waals surface area contributed by atoms with Gasteiger partial charge in [0, 0.05) is 25.3 Å². The highest BCUT2D eigenvalue weighted by Gasteiger charge is 2.30. The van der Waals surface area contributed by atoms with Gasteiger partial charge in [0.25, 0.3) is 5.91 Å². The van der Waals surface area contributed by atoms with E-state index in [0.717, 1.165) is 50.5 Å². The maximum absolute atomic E-state index is 12.7. The zero-order valence-electron chi connectivity index (χ0n) is 16.8. The summed E-state index contributed by atoms with van der Waals surface area (Å²) in [5.41, 5.74) is 0.987. The van der Waals surface area contributed by atoms with E-state index in [1.807, 2.05) is 12.1 Å². The number of amides is 1. The van der Waals surface area contributed by atoms with E-state index in [9.17, 15) is 22.8 Å². The maximum Gasteiger partial charge on any atom is 0.416 e. The monoisotopic (exact) mass is 436 g/mol. The number of halogens is 3. The Bertz CT molecular complexity index is 894. The van der Waals surface area contributed by atoms with Gasteiger partial charge < -0.3 is 14.8 Å². The van der Waals surface area contributed by atoms with Crippen LogP contribution in [0.2, 0.25) is 0 Å². The number of morpholine rings is 1. The van der Waals surface area contributed by atoms with Crippen molar-refractivity contribution in [3.8, 4) is 0 Å². The van der Waals surface area contributed by atoms with Crippen LogP contribution in [0, 0.1) is 0 Å². The second-order valence-electron chi connectivity index (χ2n) is 7.17. The Hall–Kier alpha value is -2.91. The molecular weight excluding hydrogens is 413 g/mol. The molecule has 0 aromatic heterocycles. The molecule has 1 aliphatic heterocycles. The quantitative estimate of drug-likeness (QED) is 0.675. The van der Waals surface area contributed by atoms with Crippen molar-refractivity contribution in [3.05, 3.63) is 65.2 Å². The number of carbonyl (C=O) groups is 2. The van der Waals surface area contributed by atoms with Crippen LogP contribution in [0.5, 0.6) is 0 Å². The van der Waals surface area contributed by atoms with Crippen molar-refractivity contribution >= 4 is 17.6 Å². The fourth-order valence-electron chi connectivity index (χ4n) is 3.13. The first-order valence-electron chi connectivity index (χ1n) is 9.80. The van der Waals surface area contributed by atoms with E-state index < -0.39 is 30.2 Å². The van der Waals surface area contributed by atoms with Crippen LogP contribution in [0.15, 0.2) is 48.5 Å². The van der Waals surface area contributed by atoms with Crippen LogP contribution in [0.25, 0.3) is 0 Å². The molecule has 0 bridgehead atoms. The summed E-state index contributed by atoms with van der Waals surface area (Å²) >= 11 is 0. The van der Waals surface area contributed by atoms with Gasteiger partial charge in [0.2, 0.25) is 0 Å². The van der Waals surface area contributed by atoms with Crippen molar-refractivity contribution in [2.24, 2.45) is 0 Å². The maximum atomic E-state index is 12.7. The largest absolute Gasteiger partial charge is 0.455 e. The molecule has 3 rings (SSSR count). The van der Waals surface area contributed by atoms with Crippen molar-refractivity contribution in [3.63, 3.8) is 0 Å². The van der Waals surface area contributed by atoms with Crippen LogP contribution in [0.3, 0.4) is 0 Å². The third-order valence-corrected chi connectivity index (χ3v) is 4.71. The molecule has 1 heterocycles. The number of nitrogens with one attached hydrogen (secondary N) is 1. The summed E-state index contributed by atoms with van der Waals surface area (Å²) in [6, 6.07) is 11.8. The molecule has 0 spiro atoms. The predicted molar refractivity (Wildman–Crippen MR) is 107 cm³/mol. The van der Waals surface area contributed by atoms with Gasteiger partial charge in [0.05, 0.1) is 25.2 Å². The molecular formula is C22H23F3N2O4. The molecule has 2 aromatic rings. The summed E-state index contributed by atoms with van der Waals surface area (Å²) in [6.45, 7) is 3.48. The predicted octanol–water partition coefficient (Wildman–Crippen LogP) is 3.26. The second-order valence-corrected chi connectivity index (χ2v) is 7.17. The lowest BCUT2D eigenvalue weighted by atomic mass is 10.1. The van der Waals surface area contributed by atoms with Crippen molar-refractivity contribution in [2.45, 2.75) is 19.1 Å². The summed E-state index contributed by atoms with van der Waals surface area (Å²) in [6.07, 6.45) is -4.84. The minimum atomic E-state index is -4.49. The smallest absolute Gasteiger partial charge is 0.416 e. The summed E-state index contributed by atoms with van der Waals surface area (Å²) in [7, 11) is 0. The molecule has 1 fully saturated rings. The van der Waals surface area contributed by atoms with Crippen LogP contribution in [-0.4, -0.2) is 49.7 Å². The molecule has 1 saturated heterocycles. The Kier molecular flexibility index (Phi) is 7.64. The van der Waals surface area contributed by atoms with E-state index >= 15 is 0 Å². The Balaban J connectivity index is 1.43. The fraction of sp³-hybridized carbons (Fsp3) is 0.364. The Morgan fingerprint density at radius 3 is 2.42 bits per heavy atom. The van der Waals surface area contributed by atoms with Gasteiger partial charge in [-0.25, -0.2) is 0 Å². The molecule has 31 heavy (non-hydrogen) atoms. The van der Waals surface area contributed by atoms with Crippen LogP contribution in [-0.2, 0) is 38.2 Å². The first-order chi connectivity index (χ1) is 14.8. The molecule has 0 saturated carbocycles. The van der Waals surface area contributed by atoms with Crippen molar-refractivity contribution in [2.75, 3.05) is 38.2 Å². The van der Waals surface area contributed by atoms with E-state index in [0.29, 0.717) is 5.69 Å². The average Bonchev–Trinajstić information content (AvgIpc) is 2.74. The molecule has 2 aromatic carbocycles. The highest BCUT2D eigenvalue weighted by molar-refractivity contribution is 5.92. The minimum absolute atomic E-state index is 0.163. The highest BCUT2D eigenvalue weighted by atomic mass is 19.4. The van der Waals surface area contributed by atoms with Crippen LogP contribution in [0.1, 0.15) is 16.7 Å². The van der Waals surface area contributed by atoms with Crippen molar-refractivity contribution in [1.29, 1.82) is 0 Å². The number of carbonyl (C=O) groups excluding carboxylic acids is 2. The fourth-order valence-corrected chi connectivity index (χ4v) is 3.13. The molecule has 166 valence electrons. The normalized spacial score (nSPS) is 14.8. The molecule has 0 atom stereocenters. The Morgan fingerprint density at radius 2 is 1.74 bits per heavy atom. The Morgan fingerprint density at radius 1 is 1.03 bits per heavy atom. The topological polar surface area (TPSA) is 67.9 Å². The third kappa shape index (κ3) is 7.37. The first kappa shape index (κ1) is 22.8. The van der Waals surface area contributed by atoms with E-state index in [2.05, 4.69) is 10.2 Å². The van der Waals surface area contributed by atoms with E-state index in [4.69, 9.17) is 9.47 Å². The number of esters is 1. The van der Waals surface area contributed by atoms with E-state index in [1.54, 1.807) is 12.1 Å². The van der Waals surface area contributed by atoms with Gasteiger partial charge in [-0.3, -0.25) is 14.5 Å². The lowest BCUT2D eigenvalue weighted by molar-refractivity contribution is -0.146. The summed E-state index contributed by atoms with van der Waals surface area (Å²) in [4.78, 5) is 26.1. The van der Waals surface area contributed by atoms with Crippen LogP contribution in [0.4, 0.5) is 18.9 Å². The van der Waals surface area contributed by atoms with Crippen molar-refractivity contribution in [1.82, 2.24) is 4.90 Å². The SMILES string of the molecule is O=C(COC(=O)Cc1cccc(C(F)(F)F)c1)Nc1ccc(CN2CCOCC2)cc1. The first-order valence-corrected chi connectivity index (χ1v) is 9.80. The summed E-state index contributed by atoms with van der Waals surface area (Å²) < 4.78 is 48.4. The number of benzene rings is 2. The molecule has 9 heteroatoms. The molecule has 0 radical (unpaired) electrons. The van der Waals surface area contributed by atoms with Crippen molar-refractivity contribution < 1.29 is 32.2 Å². The Labute approximate surface area is 177 Å². The number of hydrogen-bond acceptors (Lipinski definition) is 5. The zero-order chi connectivity index (χ0) is 22.3. The molecule has 1 N–H and O–H groups in total. The number of nitrogens with zero attached hydrogens (tertiary/aromatic N) is 1. The third-order valence-electron chi connectivity index (χ3n) is 4.71. The standard InChI is InChI=1S/C22H23F3N2O4/c23-22(24,25)18-3-1-2-17(12-18)13-21(29)31-15-20(28)26-19-6-4-16(5-7-19)14-27-8-10-30-11-9-27/h1-7,12H,8-11,13-15H2,(H,26,28). The van der Waals surface area contributed by atoms with E-state index in [1.165, 1.54) is 12.1 Å². The molecule has 6 nitrogen and oxygen atoms in total. The minimum Gasteiger partial charge on any atom is -0.455 e. The number of rotatable bonds is 7. The second kappa shape index (κ2) is 10.4. The van der Waals surface area contributed by atoms with Gasteiger partial charge in [0.15, 0.2) is 6.61 Å². The summed E-state index contributed by atoms with van der Waals surface area (Å²) in [5.74, 6) is -1.31. The number of ether oxygens (including phenoxy) is 2. The van der Waals surface area contributed by atoms with Crippen LogP contribution >= 0.6 is 0 Å². The summed E-state index contributed by atoms with van der Waals surface area (Å²) in [5, 5.41) is 2.62. The van der Waals surface area contributed by atoms with Gasteiger partial charge in [0.1, 0.15) is 0 Å². The number of hydrogen-bond donors (Lipinski definition) is 1. The molecule has 0 unspecified atom stereocenters. The van der Waals surface area contributed by atoms with Gasteiger partial charge >= 0.3 is 12.1 Å². The number of alkyl halides is 3. The van der Waals surface area contributed by atoms with Gasteiger partial charge in [-0.2, -0.15) is 13.2 Å².